The maximum Gasteiger partial charge on any atom is 0.340 e. The third kappa shape index (κ3) is 4.16. The number of carboxylic acids is 1. The molecule has 8 heteroatoms. The number of carboxylic acid groups (broad SMARTS) is 1. The topological polar surface area (TPSA) is 90.0 Å². The molecule has 0 atom stereocenters. The van der Waals surface area contributed by atoms with Crippen molar-refractivity contribution in [3.63, 3.8) is 0 Å². The van der Waals surface area contributed by atoms with Gasteiger partial charge in [0.05, 0.1) is 5.69 Å². The SMILES string of the molecule is CN(C)C(=O)CN(C)C(=O)Nc1cccc(F)c1C(=O)O. The van der Waals surface area contributed by atoms with Crippen molar-refractivity contribution >= 4 is 23.6 Å². The summed E-state index contributed by atoms with van der Waals surface area (Å²) in [4.78, 5) is 36.8. The zero-order valence-corrected chi connectivity index (χ0v) is 11.9. The molecular formula is C13H16FN3O4. The molecule has 0 aromatic heterocycles. The van der Waals surface area contributed by atoms with Crippen molar-refractivity contribution in [3.8, 4) is 0 Å². The average Bonchev–Trinajstić information content (AvgIpc) is 2.37. The third-order valence-electron chi connectivity index (χ3n) is 2.69. The van der Waals surface area contributed by atoms with E-state index in [1.54, 1.807) is 14.1 Å². The van der Waals surface area contributed by atoms with Crippen LogP contribution in [-0.4, -0.2) is 60.5 Å². The summed E-state index contributed by atoms with van der Waals surface area (Å²) in [6, 6.07) is 2.82. The van der Waals surface area contributed by atoms with Crippen molar-refractivity contribution in [1.82, 2.24) is 9.80 Å². The Morgan fingerprint density at radius 1 is 1.24 bits per heavy atom. The summed E-state index contributed by atoms with van der Waals surface area (Å²) < 4.78 is 13.5. The Kier molecular flexibility index (Phi) is 5.23. The van der Waals surface area contributed by atoms with E-state index in [1.807, 2.05) is 0 Å². The highest BCUT2D eigenvalue weighted by atomic mass is 19.1. The van der Waals surface area contributed by atoms with Crippen molar-refractivity contribution in [2.75, 3.05) is 33.0 Å². The van der Waals surface area contributed by atoms with Crippen LogP contribution in [0.2, 0.25) is 0 Å². The number of hydrogen-bond acceptors (Lipinski definition) is 3. The third-order valence-corrected chi connectivity index (χ3v) is 2.69. The fraction of sp³-hybridized carbons (Fsp3) is 0.308. The van der Waals surface area contributed by atoms with Crippen LogP contribution in [0.4, 0.5) is 14.9 Å². The summed E-state index contributed by atoms with van der Waals surface area (Å²) in [5.74, 6) is -2.74. The number of nitrogens with zero attached hydrogens (tertiary/aromatic N) is 2. The van der Waals surface area contributed by atoms with Crippen LogP contribution in [-0.2, 0) is 4.79 Å². The van der Waals surface area contributed by atoms with Gasteiger partial charge in [0.2, 0.25) is 5.91 Å². The quantitative estimate of drug-likeness (QED) is 0.870. The van der Waals surface area contributed by atoms with E-state index >= 15 is 0 Å². The molecule has 2 N–H and O–H groups in total. The predicted octanol–water partition coefficient (Wildman–Crippen LogP) is 1.08. The highest BCUT2D eigenvalue weighted by Crippen LogP contribution is 2.19. The number of benzene rings is 1. The summed E-state index contributed by atoms with van der Waals surface area (Å²) >= 11 is 0. The Morgan fingerprint density at radius 3 is 2.38 bits per heavy atom. The van der Waals surface area contributed by atoms with Gasteiger partial charge in [-0.1, -0.05) is 6.07 Å². The molecule has 0 heterocycles. The first-order chi connectivity index (χ1) is 9.73. The molecule has 1 aromatic rings. The lowest BCUT2D eigenvalue weighted by Gasteiger charge is -2.20. The molecule has 0 fully saturated rings. The van der Waals surface area contributed by atoms with Crippen LogP contribution in [0.5, 0.6) is 0 Å². The summed E-state index contributed by atoms with van der Waals surface area (Å²) in [6.45, 7) is -0.184. The standard InChI is InChI=1S/C13H16FN3O4/c1-16(2)10(18)7-17(3)13(21)15-9-6-4-5-8(14)11(9)12(19)20/h4-6H,7H2,1-3H3,(H,15,21)(H,19,20). The zero-order valence-electron chi connectivity index (χ0n) is 11.9. The van der Waals surface area contributed by atoms with Gasteiger partial charge in [0.25, 0.3) is 0 Å². The van der Waals surface area contributed by atoms with Crippen LogP contribution < -0.4 is 5.32 Å². The first-order valence-corrected chi connectivity index (χ1v) is 5.98. The van der Waals surface area contributed by atoms with E-state index in [2.05, 4.69) is 5.32 Å². The highest BCUT2D eigenvalue weighted by molar-refractivity contribution is 6.00. The van der Waals surface area contributed by atoms with Gasteiger partial charge in [-0.15, -0.1) is 0 Å². The molecule has 0 aliphatic carbocycles. The number of likely N-dealkylation sites (N-methyl/N-ethyl adjacent to an activating group) is 2. The lowest BCUT2D eigenvalue weighted by Crippen LogP contribution is -2.40. The number of rotatable bonds is 4. The Morgan fingerprint density at radius 2 is 1.86 bits per heavy atom. The number of anilines is 1. The Balaban J connectivity index is 2.87. The van der Waals surface area contributed by atoms with E-state index in [0.29, 0.717) is 0 Å². The molecule has 0 saturated heterocycles. The smallest absolute Gasteiger partial charge is 0.340 e. The monoisotopic (exact) mass is 297 g/mol. The summed E-state index contributed by atoms with van der Waals surface area (Å²) in [6.07, 6.45) is 0. The number of halogens is 1. The molecular weight excluding hydrogens is 281 g/mol. The van der Waals surface area contributed by atoms with Gasteiger partial charge in [-0.25, -0.2) is 14.0 Å². The van der Waals surface area contributed by atoms with E-state index < -0.39 is 23.4 Å². The first kappa shape index (κ1) is 16.4. The summed E-state index contributed by atoms with van der Waals surface area (Å²) in [5.41, 5.74) is -0.796. The van der Waals surface area contributed by atoms with Gasteiger partial charge >= 0.3 is 12.0 Å². The lowest BCUT2D eigenvalue weighted by molar-refractivity contribution is -0.129. The Hall–Kier alpha value is -2.64. The van der Waals surface area contributed by atoms with Crippen molar-refractivity contribution in [3.05, 3.63) is 29.6 Å². The number of carbonyl (C=O) groups excluding carboxylic acids is 2. The zero-order chi connectivity index (χ0) is 16.2. The maximum absolute atomic E-state index is 13.5. The molecule has 0 spiro atoms. The second kappa shape index (κ2) is 6.69. The Labute approximate surface area is 120 Å². The van der Waals surface area contributed by atoms with E-state index in [0.717, 1.165) is 11.0 Å². The molecule has 0 bridgehead atoms. The second-order valence-corrected chi connectivity index (χ2v) is 4.54. The fourth-order valence-corrected chi connectivity index (χ4v) is 1.47. The predicted molar refractivity (Wildman–Crippen MR) is 73.7 cm³/mol. The molecule has 0 radical (unpaired) electrons. The lowest BCUT2D eigenvalue weighted by atomic mass is 10.1. The number of aromatic carboxylic acids is 1. The van der Waals surface area contributed by atoms with E-state index in [4.69, 9.17) is 5.11 Å². The first-order valence-electron chi connectivity index (χ1n) is 5.98. The maximum atomic E-state index is 13.5. The Bertz CT molecular complexity index is 575. The minimum Gasteiger partial charge on any atom is -0.478 e. The normalized spacial score (nSPS) is 9.90. The molecule has 1 aromatic carbocycles. The molecule has 3 amide bonds. The van der Waals surface area contributed by atoms with Crippen LogP contribution in [0.1, 0.15) is 10.4 Å². The number of amides is 3. The van der Waals surface area contributed by atoms with Gasteiger partial charge < -0.3 is 20.2 Å². The van der Waals surface area contributed by atoms with Gasteiger partial charge in [0.1, 0.15) is 17.9 Å². The van der Waals surface area contributed by atoms with Crippen LogP contribution in [0.15, 0.2) is 18.2 Å². The molecule has 21 heavy (non-hydrogen) atoms. The van der Waals surface area contributed by atoms with Crippen LogP contribution in [0, 0.1) is 5.82 Å². The minimum absolute atomic E-state index is 0.170. The van der Waals surface area contributed by atoms with Crippen LogP contribution >= 0.6 is 0 Å². The molecule has 1 rings (SSSR count). The number of hydrogen-bond donors (Lipinski definition) is 2. The minimum atomic E-state index is -1.49. The number of nitrogens with one attached hydrogen (secondary N) is 1. The average molecular weight is 297 g/mol. The number of urea groups is 1. The van der Waals surface area contributed by atoms with Gasteiger partial charge in [-0.3, -0.25) is 4.79 Å². The van der Waals surface area contributed by atoms with Gasteiger partial charge in [-0.05, 0) is 12.1 Å². The van der Waals surface area contributed by atoms with Crippen LogP contribution in [0.25, 0.3) is 0 Å². The second-order valence-electron chi connectivity index (χ2n) is 4.54. The molecule has 114 valence electrons. The largest absolute Gasteiger partial charge is 0.478 e. The van der Waals surface area contributed by atoms with E-state index in [1.165, 1.54) is 24.1 Å². The van der Waals surface area contributed by atoms with Crippen molar-refractivity contribution < 1.29 is 23.9 Å². The summed E-state index contributed by atoms with van der Waals surface area (Å²) in [5, 5.41) is 11.2. The van der Waals surface area contributed by atoms with E-state index in [-0.39, 0.29) is 18.1 Å². The molecule has 0 aliphatic rings. The van der Waals surface area contributed by atoms with Crippen molar-refractivity contribution in [2.24, 2.45) is 0 Å². The molecule has 0 aliphatic heterocycles. The van der Waals surface area contributed by atoms with E-state index in [9.17, 15) is 18.8 Å². The summed E-state index contributed by atoms with van der Waals surface area (Å²) in [7, 11) is 4.46. The van der Waals surface area contributed by atoms with Crippen LogP contribution in [0.3, 0.4) is 0 Å². The number of carbonyl (C=O) groups is 3. The highest BCUT2D eigenvalue weighted by Gasteiger charge is 2.20. The molecule has 0 saturated carbocycles. The van der Waals surface area contributed by atoms with Gasteiger partial charge in [0, 0.05) is 21.1 Å². The van der Waals surface area contributed by atoms with Crippen molar-refractivity contribution in [1.29, 1.82) is 0 Å². The van der Waals surface area contributed by atoms with Crippen molar-refractivity contribution in [2.45, 2.75) is 0 Å². The molecule has 0 unspecified atom stereocenters. The van der Waals surface area contributed by atoms with Gasteiger partial charge in [0.15, 0.2) is 0 Å². The van der Waals surface area contributed by atoms with Gasteiger partial charge in [-0.2, -0.15) is 0 Å². The fourth-order valence-electron chi connectivity index (χ4n) is 1.47. The molecule has 7 nitrogen and oxygen atoms in total.